The number of aromatic nitrogens is 1. The average Bonchev–Trinajstić information content (AvgIpc) is 2.69. The van der Waals surface area contributed by atoms with Crippen molar-refractivity contribution in [2.24, 2.45) is 0 Å². The number of carbonyl (C=O) groups is 1. The number of Topliss-reactive ketones (excluding diaryl/α,β-unsaturated/α-hetero) is 1. The van der Waals surface area contributed by atoms with Crippen molar-refractivity contribution in [3.8, 4) is 0 Å². The summed E-state index contributed by atoms with van der Waals surface area (Å²) in [5.41, 5.74) is 0.931. The van der Waals surface area contributed by atoms with E-state index >= 15 is 0 Å². The number of fused-ring (bicyclic) bond motifs is 1. The monoisotopic (exact) mass is 291 g/mol. The summed E-state index contributed by atoms with van der Waals surface area (Å²) >= 11 is 5.79. The first-order valence-electron chi connectivity index (χ1n) is 5.31. The molecule has 0 aliphatic carbocycles. The van der Waals surface area contributed by atoms with Gasteiger partial charge in [-0.1, -0.05) is 17.7 Å². The van der Waals surface area contributed by atoms with Crippen LogP contribution in [0.5, 0.6) is 0 Å². The van der Waals surface area contributed by atoms with E-state index in [2.05, 4.69) is 9.72 Å². The number of carbonyl (C=O) groups excluding carboxylic acids is 1. The molecular formula is C12H9ClF3NO2. The molecule has 0 amide bonds. The van der Waals surface area contributed by atoms with Crippen molar-refractivity contribution in [3.05, 3.63) is 35.0 Å². The summed E-state index contributed by atoms with van der Waals surface area (Å²) in [6.45, 7) is -2.05. The Hall–Kier alpha value is -1.53. The maximum absolute atomic E-state index is 11.9. The summed E-state index contributed by atoms with van der Waals surface area (Å²) in [6, 6.07) is 4.86. The largest absolute Gasteiger partial charge is 0.411 e. The number of alkyl halides is 3. The van der Waals surface area contributed by atoms with Crippen LogP contribution in [0.2, 0.25) is 5.02 Å². The van der Waals surface area contributed by atoms with Gasteiger partial charge in [0.1, 0.15) is 13.2 Å². The zero-order valence-electron chi connectivity index (χ0n) is 9.55. The minimum absolute atomic E-state index is 0.286. The second-order valence-electron chi connectivity index (χ2n) is 3.92. The van der Waals surface area contributed by atoms with Crippen LogP contribution in [0, 0.1) is 0 Å². The van der Waals surface area contributed by atoms with Crippen LogP contribution in [0.3, 0.4) is 0 Å². The molecule has 0 aliphatic rings. The Bertz CT molecular complexity index is 607. The zero-order valence-corrected chi connectivity index (χ0v) is 10.3. The Morgan fingerprint density at radius 3 is 2.79 bits per heavy atom. The first-order chi connectivity index (χ1) is 8.87. The Labute approximate surface area is 111 Å². The van der Waals surface area contributed by atoms with Crippen molar-refractivity contribution in [2.75, 3.05) is 13.2 Å². The average molecular weight is 292 g/mol. The molecule has 3 nitrogen and oxygen atoms in total. The van der Waals surface area contributed by atoms with Crippen LogP contribution in [0.4, 0.5) is 13.2 Å². The van der Waals surface area contributed by atoms with Gasteiger partial charge in [-0.3, -0.25) is 4.79 Å². The molecule has 7 heteroatoms. The van der Waals surface area contributed by atoms with Crippen LogP contribution >= 0.6 is 11.6 Å². The SMILES string of the molecule is O=C(COCC(F)(F)F)c1c[nH]c2cc(Cl)ccc12. The summed E-state index contributed by atoms with van der Waals surface area (Å²) in [5, 5.41) is 1.10. The molecule has 0 saturated heterocycles. The van der Waals surface area contributed by atoms with Gasteiger partial charge in [0, 0.05) is 27.7 Å². The van der Waals surface area contributed by atoms with Crippen molar-refractivity contribution in [1.82, 2.24) is 4.98 Å². The van der Waals surface area contributed by atoms with Gasteiger partial charge in [-0.2, -0.15) is 13.2 Å². The second kappa shape index (κ2) is 5.22. The molecule has 1 aromatic carbocycles. The van der Waals surface area contributed by atoms with E-state index in [9.17, 15) is 18.0 Å². The van der Waals surface area contributed by atoms with Crippen molar-refractivity contribution in [1.29, 1.82) is 0 Å². The van der Waals surface area contributed by atoms with Crippen LogP contribution in [0.15, 0.2) is 24.4 Å². The number of H-pyrrole nitrogens is 1. The van der Waals surface area contributed by atoms with Crippen molar-refractivity contribution < 1.29 is 22.7 Å². The van der Waals surface area contributed by atoms with Gasteiger partial charge in [0.05, 0.1) is 0 Å². The minimum Gasteiger partial charge on any atom is -0.364 e. The van der Waals surface area contributed by atoms with Crippen LogP contribution in [-0.2, 0) is 4.74 Å². The van der Waals surface area contributed by atoms with Crippen molar-refractivity contribution in [2.45, 2.75) is 6.18 Å². The molecule has 2 aromatic rings. The zero-order chi connectivity index (χ0) is 14.0. The van der Waals surface area contributed by atoms with Crippen molar-refractivity contribution >= 4 is 28.3 Å². The lowest BCUT2D eigenvalue weighted by molar-refractivity contribution is -0.170. The van der Waals surface area contributed by atoms with E-state index in [0.717, 1.165) is 0 Å². The Kier molecular flexibility index (Phi) is 3.82. The van der Waals surface area contributed by atoms with Crippen LogP contribution in [0.25, 0.3) is 10.9 Å². The molecule has 1 N–H and O–H groups in total. The van der Waals surface area contributed by atoms with Crippen LogP contribution in [0.1, 0.15) is 10.4 Å². The van der Waals surface area contributed by atoms with E-state index in [-0.39, 0.29) is 5.56 Å². The number of ketones is 1. The lowest BCUT2D eigenvalue weighted by Gasteiger charge is -2.06. The maximum atomic E-state index is 11.9. The molecule has 2 rings (SSSR count). The number of rotatable bonds is 4. The number of hydrogen-bond acceptors (Lipinski definition) is 2. The molecule has 1 heterocycles. The molecule has 0 spiro atoms. The highest BCUT2D eigenvalue weighted by Crippen LogP contribution is 2.22. The van der Waals surface area contributed by atoms with Crippen molar-refractivity contribution in [3.63, 3.8) is 0 Å². The van der Waals surface area contributed by atoms with E-state index in [4.69, 9.17) is 11.6 Å². The molecule has 0 saturated carbocycles. The Balaban J connectivity index is 2.09. The number of hydrogen-bond donors (Lipinski definition) is 1. The molecule has 0 aliphatic heterocycles. The highest BCUT2D eigenvalue weighted by atomic mass is 35.5. The summed E-state index contributed by atoms with van der Waals surface area (Å²) in [5.74, 6) is -0.516. The molecule has 0 radical (unpaired) electrons. The van der Waals surface area contributed by atoms with E-state index in [1.54, 1.807) is 18.2 Å². The summed E-state index contributed by atoms with van der Waals surface area (Å²) in [4.78, 5) is 14.6. The highest BCUT2D eigenvalue weighted by Gasteiger charge is 2.28. The van der Waals surface area contributed by atoms with Gasteiger partial charge in [-0.15, -0.1) is 0 Å². The van der Waals surface area contributed by atoms with Gasteiger partial charge < -0.3 is 9.72 Å². The lowest BCUT2D eigenvalue weighted by Crippen LogP contribution is -2.20. The number of nitrogens with one attached hydrogen (secondary N) is 1. The van der Waals surface area contributed by atoms with Gasteiger partial charge in [-0.25, -0.2) is 0 Å². The van der Waals surface area contributed by atoms with Gasteiger partial charge in [0.2, 0.25) is 0 Å². The number of ether oxygens (including phenoxy) is 1. The van der Waals surface area contributed by atoms with Gasteiger partial charge in [-0.05, 0) is 12.1 Å². The molecule has 0 atom stereocenters. The molecule has 102 valence electrons. The van der Waals surface area contributed by atoms with Crippen LogP contribution < -0.4 is 0 Å². The summed E-state index contributed by atoms with van der Waals surface area (Å²) in [7, 11) is 0. The third-order valence-corrected chi connectivity index (χ3v) is 2.68. The fraction of sp³-hybridized carbons (Fsp3) is 0.250. The lowest BCUT2D eigenvalue weighted by atomic mass is 10.1. The number of benzene rings is 1. The number of halogens is 4. The minimum atomic E-state index is -4.44. The van der Waals surface area contributed by atoms with E-state index in [1.165, 1.54) is 6.20 Å². The molecule has 0 bridgehead atoms. The second-order valence-corrected chi connectivity index (χ2v) is 4.36. The van der Waals surface area contributed by atoms with Gasteiger partial charge in [0.15, 0.2) is 5.78 Å². The first-order valence-corrected chi connectivity index (χ1v) is 5.69. The van der Waals surface area contributed by atoms with Crippen LogP contribution in [-0.4, -0.2) is 30.2 Å². The third-order valence-electron chi connectivity index (χ3n) is 2.44. The fourth-order valence-electron chi connectivity index (χ4n) is 1.67. The smallest absolute Gasteiger partial charge is 0.364 e. The van der Waals surface area contributed by atoms with E-state index in [1.807, 2.05) is 0 Å². The predicted molar refractivity (Wildman–Crippen MR) is 64.5 cm³/mol. The maximum Gasteiger partial charge on any atom is 0.411 e. The molecular weight excluding hydrogens is 283 g/mol. The molecule has 1 aromatic heterocycles. The van der Waals surface area contributed by atoms with E-state index < -0.39 is 25.2 Å². The topological polar surface area (TPSA) is 42.1 Å². The summed E-state index contributed by atoms with van der Waals surface area (Å²) in [6.07, 6.45) is -3.01. The van der Waals surface area contributed by atoms with Gasteiger partial charge >= 0.3 is 6.18 Å². The first kappa shape index (κ1) is 13.9. The standard InChI is InChI=1S/C12H9ClF3NO2/c13-7-1-2-8-9(4-17-10(8)3-7)11(18)5-19-6-12(14,15)16/h1-4,17H,5-6H2. The normalized spacial score (nSPS) is 12.0. The Morgan fingerprint density at radius 1 is 1.37 bits per heavy atom. The number of aromatic amines is 1. The predicted octanol–water partition coefficient (Wildman–Crippen LogP) is 3.58. The summed E-state index contributed by atoms with van der Waals surface area (Å²) < 4.78 is 40.0. The highest BCUT2D eigenvalue weighted by molar-refractivity contribution is 6.31. The third kappa shape index (κ3) is 3.48. The quantitative estimate of drug-likeness (QED) is 0.875. The van der Waals surface area contributed by atoms with Gasteiger partial charge in [0.25, 0.3) is 0 Å². The molecule has 0 unspecified atom stereocenters. The molecule has 0 fully saturated rings. The Morgan fingerprint density at radius 2 is 2.11 bits per heavy atom. The molecule has 19 heavy (non-hydrogen) atoms. The fourth-order valence-corrected chi connectivity index (χ4v) is 1.84. The van der Waals surface area contributed by atoms with E-state index in [0.29, 0.717) is 15.9 Å².